The monoisotopic (exact) mass is 341 g/mol. The predicted molar refractivity (Wildman–Crippen MR) is 66.8 cm³/mol. The van der Waals surface area contributed by atoms with Gasteiger partial charge < -0.3 is 30.5 Å². The van der Waals surface area contributed by atoms with Crippen LogP contribution < -0.4 is 11.4 Å². The second-order valence-electron chi connectivity index (χ2n) is 4.50. The Bertz CT molecular complexity index is 663. The highest BCUT2D eigenvalue weighted by molar-refractivity contribution is 7.46. The average molecular weight is 341 g/mol. The van der Waals surface area contributed by atoms with Gasteiger partial charge in [0.15, 0.2) is 17.9 Å². The number of anilines is 1. The standard InChI is InChI=1S/C9H13FN3O8P/c10-3-1-13(9(16)12-7(3)11)8-6(15)5(14)4(21-8)2-20-22(17,18)19/h1,4-6,8,14-15H,2H2,(H2,11,12,16)(H2,17,18,19)/t4-,5-,6-,8-/m1/s1. The Hall–Kier alpha value is -1.40. The molecule has 2 heterocycles. The number of nitrogens with zero attached hydrogens (tertiary/aromatic N) is 2. The molecule has 0 radical (unpaired) electrons. The maximum absolute atomic E-state index is 13.4. The zero-order valence-corrected chi connectivity index (χ0v) is 11.7. The SMILES string of the molecule is Nc1nc(=O)n([C@@H]2O[C@H](COP(=O)(O)O)[C@@H](O)[C@H]2O)cc1F. The molecule has 1 aliphatic rings. The highest BCUT2D eigenvalue weighted by Crippen LogP contribution is 2.38. The Morgan fingerprint density at radius 3 is 2.68 bits per heavy atom. The van der Waals surface area contributed by atoms with Crippen molar-refractivity contribution in [1.29, 1.82) is 0 Å². The second kappa shape index (κ2) is 6.01. The summed E-state index contributed by atoms with van der Waals surface area (Å²) < 4.78 is 33.8. The predicted octanol–water partition coefficient (Wildman–Crippen LogP) is -2.31. The maximum Gasteiger partial charge on any atom is 0.469 e. The molecule has 0 unspecified atom stereocenters. The number of aliphatic hydroxyl groups is 2. The molecule has 124 valence electrons. The highest BCUT2D eigenvalue weighted by atomic mass is 31.2. The molecule has 0 bridgehead atoms. The van der Waals surface area contributed by atoms with Crippen molar-refractivity contribution >= 4 is 13.6 Å². The van der Waals surface area contributed by atoms with Crippen LogP contribution in [0.4, 0.5) is 10.2 Å². The molecule has 1 aromatic heterocycles. The fraction of sp³-hybridized carbons (Fsp3) is 0.556. The van der Waals surface area contributed by atoms with Crippen LogP contribution in [0.3, 0.4) is 0 Å². The number of hydrogen-bond acceptors (Lipinski definition) is 8. The van der Waals surface area contributed by atoms with Gasteiger partial charge in [0.25, 0.3) is 0 Å². The smallest absolute Gasteiger partial charge is 0.387 e. The molecule has 22 heavy (non-hydrogen) atoms. The van der Waals surface area contributed by atoms with E-state index in [1.54, 1.807) is 0 Å². The zero-order valence-electron chi connectivity index (χ0n) is 10.8. The van der Waals surface area contributed by atoms with Crippen LogP contribution in [0, 0.1) is 5.82 Å². The molecule has 0 aliphatic carbocycles. The topological polar surface area (TPSA) is 177 Å². The summed E-state index contributed by atoms with van der Waals surface area (Å²) in [6.07, 6.45) is -5.52. The van der Waals surface area contributed by atoms with Crippen molar-refractivity contribution in [2.45, 2.75) is 24.5 Å². The molecule has 1 aromatic rings. The second-order valence-corrected chi connectivity index (χ2v) is 5.74. The number of phosphoric acid groups is 1. The van der Waals surface area contributed by atoms with Crippen LogP contribution in [0.1, 0.15) is 6.23 Å². The van der Waals surface area contributed by atoms with E-state index in [1.165, 1.54) is 0 Å². The number of hydrogen-bond donors (Lipinski definition) is 5. The molecule has 13 heteroatoms. The van der Waals surface area contributed by atoms with E-state index in [9.17, 15) is 24.0 Å². The number of phosphoric ester groups is 1. The first-order valence-electron chi connectivity index (χ1n) is 5.86. The van der Waals surface area contributed by atoms with E-state index in [0.717, 1.165) is 0 Å². The number of nitrogen functional groups attached to an aromatic ring is 1. The van der Waals surface area contributed by atoms with E-state index in [-0.39, 0.29) is 0 Å². The number of aliphatic hydroxyl groups excluding tert-OH is 2. The van der Waals surface area contributed by atoms with E-state index in [2.05, 4.69) is 9.51 Å². The van der Waals surface area contributed by atoms with Crippen LogP contribution in [-0.4, -0.2) is 54.5 Å². The number of rotatable bonds is 4. The minimum Gasteiger partial charge on any atom is -0.387 e. The van der Waals surface area contributed by atoms with Gasteiger partial charge in [-0.3, -0.25) is 9.09 Å². The lowest BCUT2D eigenvalue weighted by Crippen LogP contribution is -2.36. The van der Waals surface area contributed by atoms with Crippen molar-refractivity contribution in [1.82, 2.24) is 9.55 Å². The summed E-state index contributed by atoms with van der Waals surface area (Å²) in [7, 11) is -4.81. The average Bonchev–Trinajstić information content (AvgIpc) is 2.68. The molecule has 4 atom stereocenters. The number of ether oxygens (including phenoxy) is 1. The fourth-order valence-electron chi connectivity index (χ4n) is 1.91. The van der Waals surface area contributed by atoms with E-state index in [0.29, 0.717) is 10.8 Å². The summed E-state index contributed by atoms with van der Waals surface area (Å²) in [5, 5.41) is 19.6. The maximum atomic E-state index is 13.4. The van der Waals surface area contributed by atoms with Gasteiger partial charge >= 0.3 is 13.5 Å². The summed E-state index contributed by atoms with van der Waals surface area (Å²) in [4.78, 5) is 32.0. The first kappa shape index (κ1) is 17.0. The summed E-state index contributed by atoms with van der Waals surface area (Å²) in [6, 6.07) is 0. The Labute approximate surface area is 122 Å². The normalized spacial score (nSPS) is 29.0. The van der Waals surface area contributed by atoms with Gasteiger partial charge in [-0.1, -0.05) is 0 Å². The summed E-state index contributed by atoms with van der Waals surface area (Å²) in [5.41, 5.74) is 4.08. The molecule has 11 nitrogen and oxygen atoms in total. The Kier molecular flexibility index (Phi) is 4.63. The molecule has 0 aromatic carbocycles. The van der Waals surface area contributed by atoms with E-state index in [4.69, 9.17) is 20.3 Å². The molecular formula is C9H13FN3O8P. The van der Waals surface area contributed by atoms with Crippen molar-refractivity contribution in [3.05, 3.63) is 22.5 Å². The summed E-state index contributed by atoms with van der Waals surface area (Å²) in [5.74, 6) is -1.68. The van der Waals surface area contributed by atoms with E-state index >= 15 is 0 Å². The minimum absolute atomic E-state index is 0.567. The van der Waals surface area contributed by atoms with Gasteiger partial charge in [-0.05, 0) is 0 Å². The van der Waals surface area contributed by atoms with Crippen molar-refractivity contribution in [2.75, 3.05) is 12.3 Å². The van der Waals surface area contributed by atoms with E-state index < -0.39 is 56.3 Å². The van der Waals surface area contributed by atoms with Crippen molar-refractivity contribution in [2.24, 2.45) is 0 Å². The Morgan fingerprint density at radius 1 is 1.45 bits per heavy atom. The van der Waals surface area contributed by atoms with Crippen molar-refractivity contribution in [3.8, 4) is 0 Å². The summed E-state index contributed by atoms with van der Waals surface area (Å²) in [6.45, 7) is -0.751. The molecule has 1 aliphatic heterocycles. The Balaban J connectivity index is 2.22. The van der Waals surface area contributed by atoms with Gasteiger partial charge in [0.2, 0.25) is 0 Å². The third kappa shape index (κ3) is 3.50. The first-order valence-corrected chi connectivity index (χ1v) is 7.39. The largest absolute Gasteiger partial charge is 0.469 e. The zero-order chi connectivity index (χ0) is 16.7. The molecule has 0 spiro atoms. The van der Waals surface area contributed by atoms with Crippen LogP contribution in [0.2, 0.25) is 0 Å². The fourth-order valence-corrected chi connectivity index (χ4v) is 2.25. The van der Waals surface area contributed by atoms with Gasteiger partial charge in [0.05, 0.1) is 12.8 Å². The lowest BCUT2D eigenvalue weighted by molar-refractivity contribution is -0.0545. The van der Waals surface area contributed by atoms with Crippen molar-refractivity contribution < 1.29 is 38.2 Å². The lowest BCUT2D eigenvalue weighted by Gasteiger charge is -2.17. The van der Waals surface area contributed by atoms with Crippen molar-refractivity contribution in [3.63, 3.8) is 0 Å². The molecular weight excluding hydrogens is 328 g/mol. The molecule has 1 fully saturated rings. The lowest BCUT2D eigenvalue weighted by atomic mass is 10.1. The van der Waals surface area contributed by atoms with Gasteiger partial charge in [0, 0.05) is 0 Å². The molecule has 0 amide bonds. The number of aromatic nitrogens is 2. The minimum atomic E-state index is -4.81. The van der Waals surface area contributed by atoms with E-state index in [1.807, 2.05) is 0 Å². The Morgan fingerprint density at radius 2 is 2.09 bits per heavy atom. The number of nitrogens with two attached hydrogens (primary N) is 1. The van der Waals surface area contributed by atoms with Crippen LogP contribution in [0.15, 0.2) is 11.0 Å². The highest BCUT2D eigenvalue weighted by Gasteiger charge is 2.45. The van der Waals surface area contributed by atoms with Gasteiger partial charge in [0.1, 0.15) is 18.3 Å². The van der Waals surface area contributed by atoms with Crippen LogP contribution >= 0.6 is 7.82 Å². The van der Waals surface area contributed by atoms with Crippen LogP contribution in [0.25, 0.3) is 0 Å². The molecule has 2 rings (SSSR count). The first-order chi connectivity index (χ1) is 10.1. The van der Waals surface area contributed by atoms with Gasteiger partial charge in [-0.2, -0.15) is 4.98 Å². The summed E-state index contributed by atoms with van der Waals surface area (Å²) >= 11 is 0. The third-order valence-electron chi connectivity index (χ3n) is 2.95. The number of halogens is 1. The van der Waals surface area contributed by atoms with Crippen LogP contribution in [0.5, 0.6) is 0 Å². The molecule has 6 N–H and O–H groups in total. The third-order valence-corrected chi connectivity index (χ3v) is 3.44. The molecule has 1 saturated heterocycles. The van der Waals surface area contributed by atoms with Gasteiger partial charge in [-0.25, -0.2) is 13.8 Å². The quantitative estimate of drug-likeness (QED) is 0.374. The molecule has 0 saturated carbocycles. The van der Waals surface area contributed by atoms with Gasteiger partial charge in [-0.15, -0.1) is 0 Å². The van der Waals surface area contributed by atoms with Crippen LogP contribution in [-0.2, 0) is 13.8 Å².